The lowest BCUT2D eigenvalue weighted by Gasteiger charge is -2.22. The van der Waals surface area contributed by atoms with E-state index in [1.165, 1.54) is 7.11 Å². The van der Waals surface area contributed by atoms with Crippen LogP contribution in [0.5, 0.6) is 0 Å². The molecule has 0 spiro atoms. The predicted molar refractivity (Wildman–Crippen MR) is 111 cm³/mol. The van der Waals surface area contributed by atoms with E-state index < -0.39 is 23.7 Å². The third kappa shape index (κ3) is 5.20. The summed E-state index contributed by atoms with van der Waals surface area (Å²) in [5.41, 5.74) is 1.83. The highest BCUT2D eigenvalue weighted by molar-refractivity contribution is 5.83. The van der Waals surface area contributed by atoms with E-state index in [9.17, 15) is 9.59 Å². The number of hydrogen-bond acceptors (Lipinski definition) is 6. The van der Waals surface area contributed by atoms with Gasteiger partial charge in [0, 0.05) is 23.5 Å². The lowest BCUT2D eigenvalue weighted by Crippen LogP contribution is -2.36. The number of methoxy groups -OCH3 is 1. The number of ether oxygens (including phenoxy) is 2. The van der Waals surface area contributed by atoms with Crippen LogP contribution >= 0.6 is 0 Å². The summed E-state index contributed by atoms with van der Waals surface area (Å²) < 4.78 is 15.9. The number of esters is 1. The van der Waals surface area contributed by atoms with Gasteiger partial charge in [-0.05, 0) is 39.3 Å². The normalized spacial score (nSPS) is 12.6. The number of para-hydroxylation sites is 1. The zero-order valence-corrected chi connectivity index (χ0v) is 17.9. The van der Waals surface area contributed by atoms with Gasteiger partial charge < -0.3 is 24.2 Å². The second-order valence-electron chi connectivity index (χ2n) is 8.07. The maximum absolute atomic E-state index is 12.5. The fraction of sp³-hybridized carbons (Fsp3) is 0.409. The molecule has 0 saturated carbocycles. The molecule has 0 aliphatic carbocycles. The molecule has 0 aliphatic rings. The topological polar surface area (TPSA) is 106 Å². The number of hydrogen-bond donors (Lipinski definition) is 2. The molecule has 0 unspecified atom stereocenters. The molecule has 160 valence electrons. The summed E-state index contributed by atoms with van der Waals surface area (Å²) in [6.07, 6.45) is 1.76. The number of rotatable bonds is 6. The summed E-state index contributed by atoms with van der Waals surface area (Å²) in [4.78, 5) is 31.8. The quantitative estimate of drug-likeness (QED) is 0.592. The number of nitrogens with one attached hydrogen (secondary N) is 2. The van der Waals surface area contributed by atoms with Gasteiger partial charge in [-0.15, -0.1) is 0 Å². The number of carbonyl (C=O) groups is 2. The first-order valence-electron chi connectivity index (χ1n) is 9.74. The molecule has 8 heteroatoms. The Bertz CT molecular complexity index is 1040. The fourth-order valence-electron chi connectivity index (χ4n) is 3.14. The van der Waals surface area contributed by atoms with Crippen molar-refractivity contribution in [3.05, 3.63) is 53.4 Å². The molecular weight excluding hydrogens is 386 g/mol. The predicted octanol–water partition coefficient (Wildman–Crippen LogP) is 3.99. The van der Waals surface area contributed by atoms with E-state index in [0.717, 1.165) is 16.5 Å². The van der Waals surface area contributed by atoms with Gasteiger partial charge in [-0.3, -0.25) is 4.79 Å². The maximum Gasteiger partial charge on any atom is 0.408 e. The highest BCUT2D eigenvalue weighted by atomic mass is 16.6. The first-order valence-corrected chi connectivity index (χ1v) is 9.74. The summed E-state index contributed by atoms with van der Waals surface area (Å²) in [6.45, 7) is 7.12. The minimum absolute atomic E-state index is 0.00191. The van der Waals surface area contributed by atoms with Crippen LogP contribution in [0.2, 0.25) is 0 Å². The summed E-state index contributed by atoms with van der Waals surface area (Å²) in [5.74, 6) is 0.402. The van der Waals surface area contributed by atoms with E-state index in [1.807, 2.05) is 30.5 Å². The Morgan fingerprint density at radius 3 is 2.70 bits per heavy atom. The molecule has 0 saturated heterocycles. The molecule has 3 rings (SSSR count). The summed E-state index contributed by atoms with van der Waals surface area (Å²) in [5, 5.41) is 3.90. The van der Waals surface area contributed by atoms with Gasteiger partial charge in [0.15, 0.2) is 0 Å². The van der Waals surface area contributed by atoms with Crippen molar-refractivity contribution in [3.63, 3.8) is 0 Å². The smallest absolute Gasteiger partial charge is 0.408 e. The Hall–Kier alpha value is -3.29. The fourth-order valence-corrected chi connectivity index (χ4v) is 3.14. The molecule has 0 radical (unpaired) electrons. The van der Waals surface area contributed by atoms with E-state index in [1.54, 1.807) is 27.7 Å². The van der Waals surface area contributed by atoms with Crippen LogP contribution in [0.1, 0.15) is 49.7 Å². The number of nitrogens with zero attached hydrogens (tertiary/aromatic N) is 1. The summed E-state index contributed by atoms with van der Waals surface area (Å²) >= 11 is 0. The number of carbonyl (C=O) groups excluding carboxylic acids is 2. The number of amides is 1. The second kappa shape index (κ2) is 8.61. The first-order chi connectivity index (χ1) is 14.2. The minimum atomic E-state index is -0.641. The summed E-state index contributed by atoms with van der Waals surface area (Å²) in [6, 6.07) is 7.33. The standard InChI is InChI=1S/C22H27N3O5/c1-13-17(11-19(26)28-5)24-20(29-13)18(25-21(27)30-22(2,3)4)10-14-12-23-16-9-7-6-8-15(14)16/h6-9,12,18,23H,10-11H2,1-5H3,(H,25,27)/t18-/m1/s1. The molecule has 0 fully saturated rings. The molecule has 0 bridgehead atoms. The number of H-pyrrole nitrogens is 1. The molecule has 3 aromatic rings. The molecule has 30 heavy (non-hydrogen) atoms. The van der Waals surface area contributed by atoms with Crippen LogP contribution in [0.15, 0.2) is 34.9 Å². The molecule has 2 N–H and O–H groups in total. The monoisotopic (exact) mass is 413 g/mol. The van der Waals surface area contributed by atoms with Crippen molar-refractivity contribution >= 4 is 23.0 Å². The largest absolute Gasteiger partial charge is 0.469 e. The van der Waals surface area contributed by atoms with Gasteiger partial charge >= 0.3 is 12.1 Å². The first kappa shape index (κ1) is 21.4. The van der Waals surface area contributed by atoms with Crippen molar-refractivity contribution in [2.75, 3.05) is 7.11 Å². The van der Waals surface area contributed by atoms with Gasteiger partial charge in [0.05, 0.1) is 19.2 Å². The Morgan fingerprint density at radius 2 is 2.00 bits per heavy atom. The van der Waals surface area contributed by atoms with E-state index in [-0.39, 0.29) is 6.42 Å². The van der Waals surface area contributed by atoms with Crippen LogP contribution in [0.3, 0.4) is 0 Å². The van der Waals surface area contributed by atoms with Gasteiger partial charge in [0.1, 0.15) is 17.4 Å². The van der Waals surface area contributed by atoms with Crippen molar-refractivity contribution in [1.82, 2.24) is 15.3 Å². The zero-order valence-electron chi connectivity index (χ0n) is 17.9. The van der Waals surface area contributed by atoms with Gasteiger partial charge in [0.2, 0.25) is 5.89 Å². The van der Waals surface area contributed by atoms with Crippen LogP contribution in [0, 0.1) is 6.92 Å². The molecular formula is C22H27N3O5. The van der Waals surface area contributed by atoms with E-state index in [0.29, 0.717) is 23.8 Å². The minimum Gasteiger partial charge on any atom is -0.469 e. The van der Waals surface area contributed by atoms with Crippen LogP contribution in [0.25, 0.3) is 10.9 Å². The number of aryl methyl sites for hydroxylation is 1. The average Bonchev–Trinajstić information content (AvgIpc) is 3.23. The van der Waals surface area contributed by atoms with Crippen molar-refractivity contribution in [3.8, 4) is 0 Å². The number of fused-ring (bicyclic) bond motifs is 1. The Labute approximate surface area is 175 Å². The van der Waals surface area contributed by atoms with Crippen LogP contribution in [-0.2, 0) is 27.1 Å². The number of oxazole rings is 1. The van der Waals surface area contributed by atoms with Gasteiger partial charge in [0.25, 0.3) is 0 Å². The van der Waals surface area contributed by atoms with E-state index in [2.05, 4.69) is 15.3 Å². The number of alkyl carbamates (subject to hydrolysis) is 1. The lowest BCUT2D eigenvalue weighted by molar-refractivity contribution is -0.139. The molecule has 1 amide bonds. The highest BCUT2D eigenvalue weighted by Gasteiger charge is 2.26. The Balaban J connectivity index is 1.90. The number of aromatic amines is 1. The molecule has 2 aromatic heterocycles. The zero-order chi connectivity index (χ0) is 21.9. The van der Waals surface area contributed by atoms with Gasteiger partial charge in [-0.2, -0.15) is 0 Å². The van der Waals surface area contributed by atoms with Crippen LogP contribution in [-0.4, -0.2) is 34.7 Å². The molecule has 1 atom stereocenters. The SMILES string of the molecule is COC(=O)Cc1nc([C@@H](Cc2c[nH]c3ccccc23)NC(=O)OC(C)(C)C)oc1C. The van der Waals surface area contributed by atoms with Crippen LogP contribution < -0.4 is 5.32 Å². The third-order valence-corrected chi connectivity index (χ3v) is 4.54. The molecule has 1 aromatic carbocycles. The van der Waals surface area contributed by atoms with E-state index in [4.69, 9.17) is 13.9 Å². The third-order valence-electron chi connectivity index (χ3n) is 4.54. The van der Waals surface area contributed by atoms with Crippen LogP contribution in [0.4, 0.5) is 4.79 Å². The molecule has 8 nitrogen and oxygen atoms in total. The van der Waals surface area contributed by atoms with Crippen molar-refractivity contribution in [2.24, 2.45) is 0 Å². The van der Waals surface area contributed by atoms with Crippen molar-refractivity contribution in [2.45, 2.75) is 52.2 Å². The Morgan fingerprint density at radius 1 is 1.27 bits per heavy atom. The Kier molecular flexibility index (Phi) is 6.14. The second-order valence-corrected chi connectivity index (χ2v) is 8.07. The van der Waals surface area contributed by atoms with Crippen molar-refractivity contribution < 1.29 is 23.5 Å². The van der Waals surface area contributed by atoms with E-state index >= 15 is 0 Å². The maximum atomic E-state index is 12.5. The average molecular weight is 413 g/mol. The highest BCUT2D eigenvalue weighted by Crippen LogP contribution is 2.26. The van der Waals surface area contributed by atoms with Crippen molar-refractivity contribution in [1.29, 1.82) is 0 Å². The van der Waals surface area contributed by atoms with Gasteiger partial charge in [-0.25, -0.2) is 9.78 Å². The van der Waals surface area contributed by atoms with Gasteiger partial charge in [-0.1, -0.05) is 18.2 Å². The molecule has 2 heterocycles. The lowest BCUT2D eigenvalue weighted by atomic mass is 10.0. The number of aromatic nitrogens is 2. The summed E-state index contributed by atoms with van der Waals surface area (Å²) in [7, 11) is 1.32. The molecule has 0 aliphatic heterocycles. The number of benzene rings is 1.